The molecule has 16 heavy (non-hydrogen) atoms. The SMILES string of the molecule is COc1ccc(C2CC(N)CCN2C)cc1. The quantitative estimate of drug-likeness (QED) is 0.825. The summed E-state index contributed by atoms with van der Waals surface area (Å²) in [5, 5.41) is 0. The average Bonchev–Trinajstić information content (AvgIpc) is 2.32. The lowest BCUT2D eigenvalue weighted by Gasteiger charge is -2.36. The van der Waals surface area contributed by atoms with Crippen molar-refractivity contribution in [3.63, 3.8) is 0 Å². The Balaban J connectivity index is 2.15. The molecule has 2 atom stereocenters. The number of ether oxygens (including phenoxy) is 1. The second-order valence-electron chi connectivity index (χ2n) is 4.55. The smallest absolute Gasteiger partial charge is 0.118 e. The molecule has 0 saturated carbocycles. The largest absolute Gasteiger partial charge is 0.497 e. The molecule has 0 radical (unpaired) electrons. The zero-order valence-electron chi connectivity index (χ0n) is 10.0. The Hall–Kier alpha value is -1.06. The van der Waals surface area contributed by atoms with Gasteiger partial charge in [-0.25, -0.2) is 0 Å². The highest BCUT2D eigenvalue weighted by molar-refractivity contribution is 5.29. The van der Waals surface area contributed by atoms with E-state index in [0.29, 0.717) is 12.1 Å². The maximum atomic E-state index is 6.03. The van der Waals surface area contributed by atoms with Gasteiger partial charge in [-0.05, 0) is 44.1 Å². The van der Waals surface area contributed by atoms with Crippen LogP contribution in [-0.2, 0) is 0 Å². The Labute approximate surface area is 97.2 Å². The number of nitrogens with two attached hydrogens (primary N) is 1. The number of rotatable bonds is 2. The summed E-state index contributed by atoms with van der Waals surface area (Å²) in [5.41, 5.74) is 7.36. The first-order chi connectivity index (χ1) is 7.70. The van der Waals surface area contributed by atoms with Crippen molar-refractivity contribution >= 4 is 0 Å². The van der Waals surface area contributed by atoms with Gasteiger partial charge < -0.3 is 10.5 Å². The summed E-state index contributed by atoms with van der Waals surface area (Å²) in [4.78, 5) is 2.38. The van der Waals surface area contributed by atoms with Gasteiger partial charge >= 0.3 is 0 Å². The molecule has 2 unspecified atom stereocenters. The zero-order valence-corrected chi connectivity index (χ0v) is 10.0. The van der Waals surface area contributed by atoms with Gasteiger partial charge in [0.1, 0.15) is 5.75 Å². The van der Waals surface area contributed by atoms with E-state index in [1.54, 1.807) is 7.11 Å². The van der Waals surface area contributed by atoms with E-state index in [2.05, 4.69) is 24.1 Å². The van der Waals surface area contributed by atoms with Crippen molar-refractivity contribution in [3.8, 4) is 5.75 Å². The van der Waals surface area contributed by atoms with Crippen LogP contribution in [-0.4, -0.2) is 31.6 Å². The number of methoxy groups -OCH3 is 1. The summed E-state index contributed by atoms with van der Waals surface area (Å²) >= 11 is 0. The fourth-order valence-corrected chi connectivity index (χ4v) is 2.33. The number of hydrogen-bond donors (Lipinski definition) is 1. The summed E-state index contributed by atoms with van der Waals surface area (Å²) in [5.74, 6) is 0.909. The molecule has 1 aliphatic heterocycles. The minimum absolute atomic E-state index is 0.336. The standard InChI is InChI=1S/C13H20N2O/c1-15-8-7-11(14)9-13(15)10-3-5-12(16-2)6-4-10/h3-6,11,13H,7-9,14H2,1-2H3. The third kappa shape index (κ3) is 2.36. The van der Waals surface area contributed by atoms with Crippen LogP contribution in [0.3, 0.4) is 0 Å². The third-order valence-electron chi connectivity index (χ3n) is 3.41. The van der Waals surface area contributed by atoms with Crippen molar-refractivity contribution in [2.24, 2.45) is 5.73 Å². The monoisotopic (exact) mass is 220 g/mol. The summed E-state index contributed by atoms with van der Waals surface area (Å²) in [6.45, 7) is 1.08. The highest BCUT2D eigenvalue weighted by Gasteiger charge is 2.24. The first-order valence-electron chi connectivity index (χ1n) is 5.80. The van der Waals surface area contributed by atoms with Crippen LogP contribution in [0.25, 0.3) is 0 Å². The van der Waals surface area contributed by atoms with Crippen LogP contribution in [0.2, 0.25) is 0 Å². The maximum Gasteiger partial charge on any atom is 0.118 e. The van der Waals surface area contributed by atoms with E-state index in [-0.39, 0.29) is 0 Å². The molecule has 0 aromatic heterocycles. The Morgan fingerprint density at radius 1 is 1.31 bits per heavy atom. The van der Waals surface area contributed by atoms with Gasteiger partial charge in [0.25, 0.3) is 0 Å². The van der Waals surface area contributed by atoms with E-state index >= 15 is 0 Å². The predicted octanol–water partition coefficient (Wildman–Crippen LogP) is 1.79. The molecule has 0 aliphatic carbocycles. The molecule has 0 bridgehead atoms. The molecule has 0 spiro atoms. The van der Waals surface area contributed by atoms with Gasteiger partial charge in [0.2, 0.25) is 0 Å². The lowest BCUT2D eigenvalue weighted by atomic mass is 9.93. The molecule has 1 saturated heterocycles. The van der Waals surface area contributed by atoms with Gasteiger partial charge in [-0.1, -0.05) is 12.1 Å². The van der Waals surface area contributed by atoms with Crippen molar-refractivity contribution in [2.75, 3.05) is 20.7 Å². The summed E-state index contributed by atoms with van der Waals surface area (Å²) in [6.07, 6.45) is 2.14. The van der Waals surface area contributed by atoms with Crippen molar-refractivity contribution in [1.82, 2.24) is 4.90 Å². The third-order valence-corrected chi connectivity index (χ3v) is 3.41. The molecule has 1 aromatic carbocycles. The van der Waals surface area contributed by atoms with Crippen molar-refractivity contribution < 1.29 is 4.74 Å². The number of benzene rings is 1. The van der Waals surface area contributed by atoms with E-state index in [0.717, 1.165) is 25.1 Å². The number of nitrogens with zero attached hydrogens (tertiary/aromatic N) is 1. The molecule has 2 N–H and O–H groups in total. The normalized spacial score (nSPS) is 26.7. The van der Waals surface area contributed by atoms with Crippen LogP contribution in [0.1, 0.15) is 24.4 Å². The molecule has 2 rings (SSSR count). The van der Waals surface area contributed by atoms with E-state index in [4.69, 9.17) is 10.5 Å². The molecular formula is C13H20N2O. The predicted molar refractivity (Wildman–Crippen MR) is 65.6 cm³/mol. The highest BCUT2D eigenvalue weighted by atomic mass is 16.5. The van der Waals surface area contributed by atoms with Gasteiger partial charge in [0.15, 0.2) is 0 Å². The molecule has 1 aliphatic rings. The first kappa shape index (κ1) is 11.4. The summed E-state index contributed by atoms with van der Waals surface area (Å²) < 4.78 is 5.17. The van der Waals surface area contributed by atoms with E-state index in [9.17, 15) is 0 Å². The van der Waals surface area contributed by atoms with Crippen molar-refractivity contribution in [3.05, 3.63) is 29.8 Å². The number of hydrogen-bond acceptors (Lipinski definition) is 3. The second-order valence-corrected chi connectivity index (χ2v) is 4.55. The van der Waals surface area contributed by atoms with Crippen LogP contribution in [0.5, 0.6) is 5.75 Å². The minimum Gasteiger partial charge on any atom is -0.497 e. The lowest BCUT2D eigenvalue weighted by molar-refractivity contribution is 0.171. The topological polar surface area (TPSA) is 38.5 Å². The molecule has 1 aromatic rings. The fourth-order valence-electron chi connectivity index (χ4n) is 2.33. The molecule has 1 fully saturated rings. The molecule has 88 valence electrons. The van der Waals surface area contributed by atoms with Gasteiger partial charge in [0.05, 0.1) is 7.11 Å². The number of likely N-dealkylation sites (tertiary alicyclic amines) is 1. The van der Waals surface area contributed by atoms with Gasteiger partial charge in [-0.15, -0.1) is 0 Å². The number of piperidine rings is 1. The first-order valence-corrected chi connectivity index (χ1v) is 5.80. The van der Waals surface area contributed by atoms with E-state index in [1.165, 1.54) is 5.56 Å². The van der Waals surface area contributed by atoms with Crippen LogP contribution >= 0.6 is 0 Å². The van der Waals surface area contributed by atoms with Crippen molar-refractivity contribution in [1.29, 1.82) is 0 Å². The van der Waals surface area contributed by atoms with Gasteiger partial charge in [-0.3, -0.25) is 4.90 Å². The van der Waals surface area contributed by atoms with Gasteiger partial charge in [-0.2, -0.15) is 0 Å². The Morgan fingerprint density at radius 2 is 2.00 bits per heavy atom. The molecule has 3 nitrogen and oxygen atoms in total. The molecule has 3 heteroatoms. The Kier molecular flexibility index (Phi) is 3.46. The van der Waals surface area contributed by atoms with Crippen LogP contribution in [0.4, 0.5) is 0 Å². The lowest BCUT2D eigenvalue weighted by Crippen LogP contribution is -2.39. The molecule has 0 amide bonds. The summed E-state index contributed by atoms with van der Waals surface area (Å²) in [6, 6.07) is 9.10. The Bertz CT molecular complexity index is 336. The molecule has 1 heterocycles. The van der Waals surface area contributed by atoms with Crippen molar-refractivity contribution in [2.45, 2.75) is 24.9 Å². The van der Waals surface area contributed by atoms with E-state index < -0.39 is 0 Å². The average molecular weight is 220 g/mol. The fraction of sp³-hybridized carbons (Fsp3) is 0.538. The highest BCUT2D eigenvalue weighted by Crippen LogP contribution is 2.29. The van der Waals surface area contributed by atoms with Crippen LogP contribution < -0.4 is 10.5 Å². The zero-order chi connectivity index (χ0) is 11.5. The molecular weight excluding hydrogens is 200 g/mol. The van der Waals surface area contributed by atoms with Crippen LogP contribution in [0.15, 0.2) is 24.3 Å². The minimum atomic E-state index is 0.336. The Morgan fingerprint density at radius 3 is 2.62 bits per heavy atom. The van der Waals surface area contributed by atoms with Crippen LogP contribution in [0, 0.1) is 0 Å². The summed E-state index contributed by atoms with van der Waals surface area (Å²) in [7, 11) is 3.86. The second kappa shape index (κ2) is 4.85. The van der Waals surface area contributed by atoms with Gasteiger partial charge in [0, 0.05) is 12.1 Å². The van der Waals surface area contributed by atoms with E-state index in [1.807, 2.05) is 12.1 Å². The maximum absolute atomic E-state index is 6.03.